The van der Waals surface area contributed by atoms with E-state index in [2.05, 4.69) is 4.74 Å². The highest BCUT2D eigenvalue weighted by Gasteiger charge is 2.32. The number of rotatable bonds is 5. The highest BCUT2D eigenvalue weighted by atomic mass is 16.5. The zero-order valence-electron chi connectivity index (χ0n) is 17.0. The molecule has 2 aromatic rings. The van der Waals surface area contributed by atoms with Crippen molar-refractivity contribution in [3.63, 3.8) is 0 Å². The second kappa shape index (κ2) is 13.1. The van der Waals surface area contributed by atoms with E-state index >= 15 is 0 Å². The Balaban J connectivity index is 0.000000537. The molecule has 0 aliphatic rings. The monoisotopic (exact) mass is 408 g/mol. The Hall–Kier alpha value is -3.10. The van der Waals surface area contributed by atoms with Gasteiger partial charge >= 0.3 is 5.97 Å². The number of phenols is 1. The van der Waals surface area contributed by atoms with Gasteiger partial charge in [-0.05, 0) is 30.7 Å². The van der Waals surface area contributed by atoms with Crippen molar-refractivity contribution in [1.82, 2.24) is 0 Å². The van der Waals surface area contributed by atoms with Crippen molar-refractivity contribution in [2.75, 3.05) is 20.3 Å². The number of carboxylic acids is 1. The molecule has 1 atom stereocenters. The second-order valence-electron chi connectivity index (χ2n) is 6.03. The van der Waals surface area contributed by atoms with Gasteiger partial charge in [0.05, 0.1) is 13.7 Å². The van der Waals surface area contributed by atoms with Crippen LogP contribution in [-0.2, 0) is 19.9 Å². The van der Waals surface area contributed by atoms with Crippen LogP contribution in [-0.4, -0.2) is 52.7 Å². The van der Waals surface area contributed by atoms with E-state index in [9.17, 15) is 20.1 Å². The zero-order valence-corrected chi connectivity index (χ0v) is 17.0. The molecule has 0 aliphatic heterocycles. The third-order valence-electron chi connectivity index (χ3n) is 3.41. The summed E-state index contributed by atoms with van der Waals surface area (Å²) >= 11 is 0. The smallest absolute Gasteiger partial charge is 0.302 e. The van der Waals surface area contributed by atoms with E-state index in [1.807, 2.05) is 30.3 Å². The molecule has 29 heavy (non-hydrogen) atoms. The first-order chi connectivity index (χ1) is 13.6. The third-order valence-corrected chi connectivity index (χ3v) is 3.41. The molecule has 0 radical (unpaired) electrons. The number of esters is 1. The fraction of sp³-hybridized carbons (Fsp3) is 0.333. The van der Waals surface area contributed by atoms with Crippen molar-refractivity contribution in [3.8, 4) is 11.5 Å². The number of aromatic hydroxyl groups is 1. The number of phenolic OH excluding ortho intramolecular Hbond substituents is 1. The molecular formula is C21H28O8. The zero-order chi connectivity index (χ0) is 22.4. The summed E-state index contributed by atoms with van der Waals surface area (Å²) < 4.78 is 9.59. The number of aliphatic hydroxyl groups excluding tert-OH is 1. The van der Waals surface area contributed by atoms with Crippen LogP contribution in [0.15, 0.2) is 48.5 Å². The molecule has 8 heteroatoms. The Labute approximate surface area is 170 Å². The summed E-state index contributed by atoms with van der Waals surface area (Å²) in [5, 5.41) is 36.4. The average Bonchev–Trinajstić information content (AvgIpc) is 2.67. The molecule has 0 aliphatic carbocycles. The molecule has 0 aromatic heterocycles. The second-order valence-corrected chi connectivity index (χ2v) is 6.03. The molecule has 0 saturated carbocycles. The largest absolute Gasteiger partial charge is 0.508 e. The van der Waals surface area contributed by atoms with Crippen molar-refractivity contribution < 1.29 is 39.5 Å². The lowest BCUT2D eigenvalue weighted by Crippen LogP contribution is -2.36. The Morgan fingerprint density at radius 2 is 1.62 bits per heavy atom. The molecule has 0 spiro atoms. The van der Waals surface area contributed by atoms with Gasteiger partial charge in [-0.15, -0.1) is 0 Å². The molecule has 0 bridgehead atoms. The lowest BCUT2D eigenvalue weighted by Gasteiger charge is -2.26. The maximum Gasteiger partial charge on any atom is 0.302 e. The quantitative estimate of drug-likeness (QED) is 0.554. The minimum absolute atomic E-state index is 0.131. The summed E-state index contributed by atoms with van der Waals surface area (Å²) in [4.78, 5) is 19.7. The van der Waals surface area contributed by atoms with Crippen molar-refractivity contribution >= 4 is 11.9 Å². The van der Waals surface area contributed by atoms with E-state index in [1.165, 1.54) is 19.1 Å². The minimum Gasteiger partial charge on any atom is -0.508 e. The molecule has 1 unspecified atom stereocenters. The van der Waals surface area contributed by atoms with Crippen molar-refractivity contribution in [1.29, 1.82) is 0 Å². The van der Waals surface area contributed by atoms with E-state index in [0.717, 1.165) is 18.2 Å². The minimum atomic E-state index is -1.79. The van der Waals surface area contributed by atoms with Gasteiger partial charge in [0.15, 0.2) is 0 Å². The number of methoxy groups -OCH3 is 1. The average molecular weight is 408 g/mol. The van der Waals surface area contributed by atoms with Gasteiger partial charge in [0.1, 0.15) is 23.7 Å². The number of carboxylic acid groups (broad SMARTS) is 1. The van der Waals surface area contributed by atoms with Gasteiger partial charge in [-0.1, -0.05) is 30.3 Å². The van der Waals surface area contributed by atoms with Crippen LogP contribution in [0.2, 0.25) is 0 Å². The fourth-order valence-electron chi connectivity index (χ4n) is 2.02. The number of benzene rings is 2. The summed E-state index contributed by atoms with van der Waals surface area (Å²) in [5.41, 5.74) is -0.838. The lowest BCUT2D eigenvalue weighted by atomic mass is 9.93. The number of carbonyl (C=O) groups excluding carboxylic acids is 1. The van der Waals surface area contributed by atoms with E-state index in [4.69, 9.17) is 14.6 Å². The van der Waals surface area contributed by atoms with Gasteiger partial charge < -0.3 is 29.9 Å². The van der Waals surface area contributed by atoms with Crippen LogP contribution in [0.4, 0.5) is 0 Å². The van der Waals surface area contributed by atoms with E-state index < -0.39 is 30.8 Å². The van der Waals surface area contributed by atoms with Crippen LogP contribution in [0.5, 0.6) is 11.5 Å². The van der Waals surface area contributed by atoms with Crippen LogP contribution >= 0.6 is 0 Å². The number of aryl methyl sites for hydroxylation is 1. The van der Waals surface area contributed by atoms with Gasteiger partial charge in [-0.2, -0.15) is 0 Å². The van der Waals surface area contributed by atoms with Crippen LogP contribution in [0, 0.1) is 6.92 Å². The molecule has 0 amide bonds. The summed E-state index contributed by atoms with van der Waals surface area (Å²) in [7, 11) is 1.66. The van der Waals surface area contributed by atoms with Crippen molar-refractivity contribution in [2.24, 2.45) is 0 Å². The van der Waals surface area contributed by atoms with Crippen LogP contribution in [0.1, 0.15) is 25.0 Å². The van der Waals surface area contributed by atoms with Gasteiger partial charge in [-0.3, -0.25) is 9.59 Å². The molecule has 2 aromatic carbocycles. The topological polar surface area (TPSA) is 134 Å². The van der Waals surface area contributed by atoms with Crippen molar-refractivity contribution in [2.45, 2.75) is 26.4 Å². The van der Waals surface area contributed by atoms with Gasteiger partial charge in [-0.25, -0.2) is 0 Å². The van der Waals surface area contributed by atoms with Crippen molar-refractivity contribution in [3.05, 3.63) is 59.7 Å². The normalized spacial score (nSPS) is 11.5. The maximum absolute atomic E-state index is 10.7. The van der Waals surface area contributed by atoms with Crippen LogP contribution in [0.25, 0.3) is 0 Å². The lowest BCUT2D eigenvalue weighted by molar-refractivity contribution is -0.152. The standard InChI is InChI=1S/C12H16O5.C7H8O.C2H4O2/c1-8-3-4-10(11(15)5-8)12(16,6-13)7-17-9(2)14;1-8-7-5-3-2-4-6-7;1-2(3)4/h3-5,13,15-16H,6-7H2,1-2H3;2-6H,1H3;1H3,(H,3,4). The summed E-state index contributed by atoms with van der Waals surface area (Å²) in [6, 6.07) is 14.3. The Morgan fingerprint density at radius 3 is 2.00 bits per heavy atom. The predicted molar refractivity (Wildman–Crippen MR) is 107 cm³/mol. The van der Waals surface area contributed by atoms with Gasteiger partial charge in [0, 0.05) is 19.4 Å². The summed E-state index contributed by atoms with van der Waals surface area (Å²) in [6.07, 6.45) is 0. The van der Waals surface area contributed by atoms with Crippen LogP contribution < -0.4 is 4.74 Å². The Bertz CT molecular complexity index is 757. The van der Waals surface area contributed by atoms with Crippen LogP contribution in [0.3, 0.4) is 0 Å². The first-order valence-electron chi connectivity index (χ1n) is 8.61. The number of hydrogen-bond acceptors (Lipinski definition) is 7. The number of aliphatic hydroxyl groups is 2. The third kappa shape index (κ3) is 10.7. The molecule has 8 nitrogen and oxygen atoms in total. The maximum atomic E-state index is 10.7. The first kappa shape index (κ1) is 25.9. The fourth-order valence-corrected chi connectivity index (χ4v) is 2.02. The molecule has 2 rings (SSSR count). The highest BCUT2D eigenvalue weighted by molar-refractivity contribution is 5.66. The molecule has 4 N–H and O–H groups in total. The van der Waals surface area contributed by atoms with Gasteiger partial charge in [0.2, 0.25) is 0 Å². The van der Waals surface area contributed by atoms with Gasteiger partial charge in [0.25, 0.3) is 5.97 Å². The molecule has 0 fully saturated rings. The summed E-state index contributed by atoms with van der Waals surface area (Å²) in [5.74, 6) is -0.635. The molecular weight excluding hydrogens is 380 g/mol. The number of para-hydroxylation sites is 1. The molecule has 0 heterocycles. The van der Waals surface area contributed by atoms with E-state index in [0.29, 0.717) is 0 Å². The Morgan fingerprint density at radius 1 is 1.07 bits per heavy atom. The SMILES string of the molecule is CC(=O)O.CC(=O)OCC(O)(CO)c1ccc(C)cc1O.COc1ccccc1. The van der Waals surface area contributed by atoms with E-state index in [1.54, 1.807) is 20.1 Å². The number of carbonyl (C=O) groups is 2. The highest BCUT2D eigenvalue weighted by Crippen LogP contribution is 2.30. The number of aliphatic carboxylic acids is 1. The number of ether oxygens (including phenoxy) is 2. The Kier molecular flexibility index (Phi) is 11.7. The number of hydrogen-bond donors (Lipinski definition) is 4. The van der Waals surface area contributed by atoms with E-state index in [-0.39, 0.29) is 11.3 Å². The molecule has 160 valence electrons. The predicted octanol–water partition coefficient (Wildman–Crippen LogP) is 2.23. The first-order valence-corrected chi connectivity index (χ1v) is 8.61. The molecule has 0 saturated heterocycles. The summed E-state index contributed by atoms with van der Waals surface area (Å²) in [6.45, 7) is 3.01.